The van der Waals surface area contributed by atoms with Gasteiger partial charge < -0.3 is 14.8 Å². The van der Waals surface area contributed by atoms with Crippen LogP contribution < -0.4 is 5.32 Å². The van der Waals surface area contributed by atoms with Gasteiger partial charge in [0.25, 0.3) is 5.91 Å². The fraction of sp³-hybridized carbons (Fsp3) is 0.433. The van der Waals surface area contributed by atoms with Crippen molar-refractivity contribution in [3.63, 3.8) is 0 Å². The predicted molar refractivity (Wildman–Crippen MR) is 141 cm³/mol. The summed E-state index contributed by atoms with van der Waals surface area (Å²) < 4.78 is 5.94. The number of rotatable bonds is 7. The van der Waals surface area contributed by atoms with Crippen LogP contribution >= 0.6 is 11.6 Å². The first-order valence-electron chi connectivity index (χ1n) is 12.4. The molecular formula is C30H36ClNO3. The number of aryl methyl sites for hydroxylation is 1. The Hall–Kier alpha value is -2.56. The molecule has 1 aromatic heterocycles. The first-order chi connectivity index (χ1) is 16.5. The van der Waals surface area contributed by atoms with Gasteiger partial charge in [-0.15, -0.1) is 0 Å². The average molecular weight is 494 g/mol. The van der Waals surface area contributed by atoms with E-state index < -0.39 is 6.04 Å². The lowest BCUT2D eigenvalue weighted by molar-refractivity contribution is 0.0887. The number of halogens is 1. The van der Waals surface area contributed by atoms with Gasteiger partial charge in [-0.05, 0) is 89.1 Å². The smallest absolute Gasteiger partial charge is 0.287 e. The summed E-state index contributed by atoms with van der Waals surface area (Å²) in [6.07, 6.45) is 3.50. The molecule has 1 aliphatic rings. The van der Waals surface area contributed by atoms with Crippen molar-refractivity contribution in [2.75, 3.05) is 6.61 Å². The molecule has 4 nitrogen and oxygen atoms in total. The first-order valence-corrected chi connectivity index (χ1v) is 12.8. The summed E-state index contributed by atoms with van der Waals surface area (Å²) in [5, 5.41) is 13.3. The highest BCUT2D eigenvalue weighted by Crippen LogP contribution is 2.46. The van der Waals surface area contributed by atoms with Crippen molar-refractivity contribution in [3.8, 4) is 0 Å². The van der Waals surface area contributed by atoms with E-state index in [2.05, 4.69) is 52.1 Å². The number of aliphatic hydroxyl groups excluding tert-OH is 1. The normalized spacial score (nSPS) is 17.0. The Morgan fingerprint density at radius 1 is 1.03 bits per heavy atom. The molecule has 35 heavy (non-hydrogen) atoms. The standard InChI is InChI=1S/C30H36ClNO3/c1-19-14-25-26(30(4,5)13-12-29(25,2)3)17-21(19)16-24-10-11-27(35-24)28(34)32-23(18-33)15-20-6-8-22(31)9-7-20/h6-11,14,17,23,33H,12-13,15-16,18H2,1-5H3,(H,32,34). The van der Waals surface area contributed by atoms with Crippen molar-refractivity contribution < 1.29 is 14.3 Å². The molecule has 1 unspecified atom stereocenters. The van der Waals surface area contributed by atoms with E-state index in [0.717, 1.165) is 11.3 Å². The average Bonchev–Trinajstić information content (AvgIpc) is 3.28. The Morgan fingerprint density at radius 2 is 1.66 bits per heavy atom. The highest BCUT2D eigenvalue weighted by molar-refractivity contribution is 6.30. The third-order valence-corrected chi connectivity index (χ3v) is 7.76. The van der Waals surface area contributed by atoms with Crippen molar-refractivity contribution in [1.29, 1.82) is 0 Å². The third-order valence-electron chi connectivity index (χ3n) is 7.51. The molecule has 0 saturated heterocycles. The SMILES string of the molecule is Cc1cc2c(cc1Cc1ccc(C(=O)NC(CO)Cc3ccc(Cl)cc3)o1)C(C)(C)CCC2(C)C. The van der Waals surface area contributed by atoms with E-state index in [1.807, 2.05) is 18.2 Å². The molecule has 1 aliphatic carbocycles. The number of benzene rings is 2. The van der Waals surface area contributed by atoms with Crippen LogP contribution in [0, 0.1) is 6.92 Å². The third kappa shape index (κ3) is 5.65. The lowest BCUT2D eigenvalue weighted by Gasteiger charge is -2.42. The minimum Gasteiger partial charge on any atom is -0.456 e. The van der Waals surface area contributed by atoms with Crippen molar-refractivity contribution in [2.45, 2.75) is 77.2 Å². The van der Waals surface area contributed by atoms with Gasteiger partial charge in [0.05, 0.1) is 12.6 Å². The molecule has 0 saturated carbocycles. The molecule has 0 bridgehead atoms. The van der Waals surface area contributed by atoms with Crippen LogP contribution in [-0.4, -0.2) is 23.7 Å². The van der Waals surface area contributed by atoms with Crippen molar-refractivity contribution >= 4 is 17.5 Å². The number of hydrogen-bond acceptors (Lipinski definition) is 3. The molecule has 0 spiro atoms. The zero-order chi connectivity index (χ0) is 25.4. The van der Waals surface area contributed by atoms with Gasteiger partial charge in [0.15, 0.2) is 5.76 Å². The maximum absolute atomic E-state index is 12.8. The fourth-order valence-electron chi connectivity index (χ4n) is 5.06. The van der Waals surface area contributed by atoms with Crippen LogP contribution in [0.25, 0.3) is 0 Å². The minimum atomic E-state index is -0.411. The highest BCUT2D eigenvalue weighted by Gasteiger charge is 2.37. The summed E-state index contributed by atoms with van der Waals surface area (Å²) in [7, 11) is 0. The fourth-order valence-corrected chi connectivity index (χ4v) is 5.19. The molecule has 186 valence electrons. The van der Waals surface area contributed by atoms with Crippen LogP contribution in [0.4, 0.5) is 0 Å². The number of furan rings is 1. The molecule has 5 heteroatoms. The number of nitrogens with one attached hydrogen (secondary N) is 1. The zero-order valence-electron chi connectivity index (χ0n) is 21.4. The van der Waals surface area contributed by atoms with Gasteiger partial charge >= 0.3 is 0 Å². The number of carbonyl (C=O) groups excluding carboxylic acids is 1. The lowest BCUT2D eigenvalue weighted by atomic mass is 9.62. The van der Waals surface area contributed by atoms with E-state index in [9.17, 15) is 9.90 Å². The van der Waals surface area contributed by atoms with E-state index >= 15 is 0 Å². The molecule has 1 amide bonds. The molecule has 1 heterocycles. The van der Waals surface area contributed by atoms with Crippen LogP contribution in [0.15, 0.2) is 52.9 Å². The number of fused-ring (bicyclic) bond motifs is 1. The van der Waals surface area contributed by atoms with Gasteiger partial charge in [-0.3, -0.25) is 4.79 Å². The second-order valence-corrected chi connectivity index (χ2v) is 11.7. The van der Waals surface area contributed by atoms with Gasteiger partial charge in [-0.25, -0.2) is 0 Å². The molecule has 4 rings (SSSR count). The zero-order valence-corrected chi connectivity index (χ0v) is 22.1. The van der Waals surface area contributed by atoms with Gasteiger partial charge in [0, 0.05) is 11.4 Å². The molecule has 1 atom stereocenters. The second kappa shape index (κ2) is 9.83. The molecule has 0 fully saturated rings. The quantitative estimate of drug-likeness (QED) is 0.394. The number of hydrogen-bond donors (Lipinski definition) is 2. The van der Waals surface area contributed by atoms with E-state index in [1.54, 1.807) is 18.2 Å². The van der Waals surface area contributed by atoms with Gasteiger partial charge in [-0.1, -0.05) is 63.6 Å². The van der Waals surface area contributed by atoms with Crippen LogP contribution in [0.1, 0.15) is 84.7 Å². The monoisotopic (exact) mass is 493 g/mol. The summed E-state index contributed by atoms with van der Waals surface area (Å²) in [5.74, 6) is 0.685. The Kier molecular flexibility index (Phi) is 7.17. The number of aliphatic hydroxyl groups is 1. The van der Waals surface area contributed by atoms with Gasteiger partial charge in [0.2, 0.25) is 0 Å². The summed E-state index contributed by atoms with van der Waals surface area (Å²) in [6, 6.07) is 15.3. The maximum atomic E-state index is 12.8. The predicted octanol–water partition coefficient (Wildman–Crippen LogP) is 6.51. The minimum absolute atomic E-state index is 0.144. The highest BCUT2D eigenvalue weighted by atomic mass is 35.5. The summed E-state index contributed by atoms with van der Waals surface area (Å²) >= 11 is 5.95. The van der Waals surface area contributed by atoms with E-state index in [4.69, 9.17) is 16.0 Å². The Balaban J connectivity index is 1.48. The van der Waals surface area contributed by atoms with Crippen molar-refractivity contribution in [1.82, 2.24) is 5.32 Å². The molecule has 0 aliphatic heterocycles. The summed E-state index contributed by atoms with van der Waals surface area (Å²) in [4.78, 5) is 12.8. The van der Waals surface area contributed by atoms with Crippen LogP contribution in [0.2, 0.25) is 5.02 Å². The van der Waals surface area contributed by atoms with Crippen molar-refractivity contribution in [2.24, 2.45) is 0 Å². The largest absolute Gasteiger partial charge is 0.456 e. The Labute approximate surface area is 213 Å². The van der Waals surface area contributed by atoms with Gasteiger partial charge in [0.1, 0.15) is 5.76 Å². The maximum Gasteiger partial charge on any atom is 0.287 e. The van der Waals surface area contributed by atoms with E-state index in [1.165, 1.54) is 35.1 Å². The van der Waals surface area contributed by atoms with Crippen molar-refractivity contribution in [3.05, 3.63) is 92.9 Å². The Bertz CT molecular complexity index is 1210. The van der Waals surface area contributed by atoms with Crippen LogP contribution in [-0.2, 0) is 23.7 Å². The summed E-state index contributed by atoms with van der Waals surface area (Å²) in [6.45, 7) is 11.3. The first kappa shape index (κ1) is 25.5. The van der Waals surface area contributed by atoms with Crippen LogP contribution in [0.3, 0.4) is 0 Å². The molecule has 2 N–H and O–H groups in total. The molecular weight excluding hydrogens is 458 g/mol. The lowest BCUT2D eigenvalue weighted by Crippen LogP contribution is -2.38. The molecule has 3 aromatic rings. The summed E-state index contributed by atoms with van der Waals surface area (Å²) in [5.41, 5.74) is 6.66. The Morgan fingerprint density at radius 3 is 2.29 bits per heavy atom. The van der Waals surface area contributed by atoms with E-state index in [0.29, 0.717) is 17.9 Å². The number of amides is 1. The molecule has 2 aromatic carbocycles. The number of carbonyl (C=O) groups is 1. The molecule has 0 radical (unpaired) electrons. The topological polar surface area (TPSA) is 62.5 Å². The van der Waals surface area contributed by atoms with Gasteiger partial charge in [-0.2, -0.15) is 0 Å². The van der Waals surface area contributed by atoms with E-state index in [-0.39, 0.29) is 29.1 Å². The van der Waals surface area contributed by atoms with Crippen LogP contribution in [0.5, 0.6) is 0 Å². The second-order valence-electron chi connectivity index (χ2n) is 11.2.